The molecule has 1 aliphatic rings. The summed E-state index contributed by atoms with van der Waals surface area (Å²) in [7, 11) is 4.03. The predicted molar refractivity (Wildman–Crippen MR) is 79.2 cm³/mol. The van der Waals surface area contributed by atoms with Gasteiger partial charge >= 0.3 is 0 Å². The molecule has 20 heavy (non-hydrogen) atoms. The van der Waals surface area contributed by atoms with Crippen LogP contribution in [0.3, 0.4) is 0 Å². The van der Waals surface area contributed by atoms with Crippen LogP contribution in [-0.4, -0.2) is 34.3 Å². The van der Waals surface area contributed by atoms with E-state index in [0.29, 0.717) is 11.6 Å². The van der Waals surface area contributed by atoms with E-state index in [-0.39, 0.29) is 6.10 Å². The highest BCUT2D eigenvalue weighted by Gasteiger charge is 2.24. The Hall–Kier alpha value is -1.31. The molecule has 2 atom stereocenters. The summed E-state index contributed by atoms with van der Waals surface area (Å²) in [5.74, 6) is 0.396. The zero-order valence-corrected chi connectivity index (χ0v) is 12.8. The zero-order valence-electron chi connectivity index (χ0n) is 12.8. The summed E-state index contributed by atoms with van der Waals surface area (Å²) in [6, 6.07) is 4.20. The second-order valence-electron chi connectivity index (χ2n) is 6.12. The van der Waals surface area contributed by atoms with Crippen LogP contribution in [0.1, 0.15) is 42.6 Å². The number of aliphatic hydroxyl groups is 1. The lowest BCUT2D eigenvalue weighted by Gasteiger charge is -2.31. The van der Waals surface area contributed by atoms with Gasteiger partial charge in [0.2, 0.25) is 0 Å². The lowest BCUT2D eigenvalue weighted by Crippen LogP contribution is -2.34. The van der Waals surface area contributed by atoms with Crippen LogP contribution in [0.15, 0.2) is 6.07 Å². The van der Waals surface area contributed by atoms with E-state index in [0.717, 1.165) is 38.0 Å². The molecule has 4 heteroatoms. The van der Waals surface area contributed by atoms with Gasteiger partial charge in [-0.05, 0) is 44.4 Å². The summed E-state index contributed by atoms with van der Waals surface area (Å²) in [5, 5.41) is 19.1. The van der Waals surface area contributed by atoms with Crippen molar-refractivity contribution < 1.29 is 5.11 Å². The molecule has 1 heterocycles. The van der Waals surface area contributed by atoms with Crippen molar-refractivity contribution >= 4 is 0 Å². The van der Waals surface area contributed by atoms with E-state index >= 15 is 0 Å². The number of hydrogen-bond acceptors (Lipinski definition) is 3. The summed E-state index contributed by atoms with van der Waals surface area (Å²) in [6.45, 7) is 3.82. The lowest BCUT2D eigenvalue weighted by molar-refractivity contribution is 0.0501. The number of rotatable bonds is 4. The molecule has 4 nitrogen and oxygen atoms in total. The molecular formula is C16H25N3O. The quantitative estimate of drug-likeness (QED) is 0.916. The Morgan fingerprint density at radius 1 is 1.45 bits per heavy atom. The highest BCUT2D eigenvalue weighted by Crippen LogP contribution is 2.25. The van der Waals surface area contributed by atoms with Crippen molar-refractivity contribution in [1.82, 2.24) is 9.47 Å². The van der Waals surface area contributed by atoms with Gasteiger partial charge in [0.15, 0.2) is 0 Å². The van der Waals surface area contributed by atoms with Crippen LogP contribution in [0, 0.1) is 24.2 Å². The third-order valence-corrected chi connectivity index (χ3v) is 4.61. The Morgan fingerprint density at radius 2 is 2.15 bits per heavy atom. The Kier molecular flexibility index (Phi) is 4.85. The van der Waals surface area contributed by atoms with E-state index in [1.807, 2.05) is 17.7 Å². The van der Waals surface area contributed by atoms with Gasteiger partial charge in [-0.15, -0.1) is 0 Å². The molecule has 1 aliphatic carbocycles. The Morgan fingerprint density at radius 3 is 2.75 bits per heavy atom. The van der Waals surface area contributed by atoms with Crippen LogP contribution >= 0.6 is 0 Å². The first-order valence-corrected chi connectivity index (χ1v) is 7.44. The van der Waals surface area contributed by atoms with E-state index in [9.17, 15) is 5.11 Å². The minimum atomic E-state index is -0.141. The fourth-order valence-corrected chi connectivity index (χ4v) is 3.19. The van der Waals surface area contributed by atoms with Crippen molar-refractivity contribution in [2.75, 3.05) is 13.6 Å². The maximum Gasteiger partial charge on any atom is 0.120 e. The summed E-state index contributed by atoms with van der Waals surface area (Å²) in [5.41, 5.74) is 3.07. The first-order chi connectivity index (χ1) is 9.52. The molecule has 1 aromatic heterocycles. The molecule has 2 unspecified atom stereocenters. The molecule has 1 fully saturated rings. The fraction of sp³-hybridized carbons (Fsp3) is 0.688. The first-order valence-electron chi connectivity index (χ1n) is 7.44. The minimum absolute atomic E-state index is 0.141. The zero-order chi connectivity index (χ0) is 14.7. The van der Waals surface area contributed by atoms with E-state index in [2.05, 4.69) is 24.9 Å². The minimum Gasteiger partial charge on any atom is -0.393 e. The molecule has 0 aromatic carbocycles. The molecular weight excluding hydrogens is 250 g/mol. The van der Waals surface area contributed by atoms with Crippen LogP contribution in [0.2, 0.25) is 0 Å². The molecule has 2 rings (SSSR count). The van der Waals surface area contributed by atoms with Gasteiger partial charge in [-0.25, -0.2) is 0 Å². The first kappa shape index (κ1) is 15.1. The van der Waals surface area contributed by atoms with Gasteiger partial charge in [-0.2, -0.15) is 5.26 Å². The molecule has 1 N–H and O–H groups in total. The van der Waals surface area contributed by atoms with E-state index in [1.165, 1.54) is 12.0 Å². The van der Waals surface area contributed by atoms with Crippen molar-refractivity contribution in [3.63, 3.8) is 0 Å². The van der Waals surface area contributed by atoms with E-state index in [1.54, 1.807) is 0 Å². The SMILES string of the molecule is Cc1c(CN(C)CC2CCCCC2O)cc(C#N)n1C. The highest BCUT2D eigenvalue weighted by molar-refractivity contribution is 5.34. The van der Waals surface area contributed by atoms with Crippen LogP contribution in [0.25, 0.3) is 0 Å². The standard InChI is InChI=1S/C16H25N3O/c1-12-14(8-15(9-17)19(12)3)11-18(2)10-13-6-4-5-7-16(13)20/h8,13,16,20H,4-7,10-11H2,1-3H3. The van der Waals surface area contributed by atoms with Crippen molar-refractivity contribution in [2.24, 2.45) is 13.0 Å². The second-order valence-corrected chi connectivity index (χ2v) is 6.12. The van der Waals surface area contributed by atoms with E-state index < -0.39 is 0 Å². The summed E-state index contributed by atoms with van der Waals surface area (Å²) in [6.07, 6.45) is 4.32. The van der Waals surface area contributed by atoms with Gasteiger partial charge in [-0.3, -0.25) is 0 Å². The summed E-state index contributed by atoms with van der Waals surface area (Å²) >= 11 is 0. The number of aliphatic hydroxyl groups excluding tert-OH is 1. The Labute approximate surface area is 121 Å². The Balaban J connectivity index is 1.97. The third kappa shape index (κ3) is 3.23. The maximum absolute atomic E-state index is 10.1. The molecule has 0 bridgehead atoms. The van der Waals surface area contributed by atoms with Crippen molar-refractivity contribution in [3.8, 4) is 6.07 Å². The van der Waals surface area contributed by atoms with Crippen LogP contribution < -0.4 is 0 Å². The van der Waals surface area contributed by atoms with Crippen LogP contribution in [-0.2, 0) is 13.6 Å². The largest absolute Gasteiger partial charge is 0.393 e. The molecule has 110 valence electrons. The van der Waals surface area contributed by atoms with Crippen molar-refractivity contribution in [2.45, 2.75) is 45.3 Å². The number of hydrogen-bond donors (Lipinski definition) is 1. The van der Waals surface area contributed by atoms with Crippen LogP contribution in [0.4, 0.5) is 0 Å². The number of nitrogens with zero attached hydrogens (tertiary/aromatic N) is 3. The molecule has 1 aromatic rings. The van der Waals surface area contributed by atoms with Gasteiger partial charge in [0.05, 0.1) is 6.10 Å². The van der Waals surface area contributed by atoms with Gasteiger partial charge in [0, 0.05) is 25.8 Å². The normalized spacial score (nSPS) is 23.0. The van der Waals surface area contributed by atoms with Crippen molar-refractivity contribution in [3.05, 3.63) is 23.0 Å². The second kappa shape index (κ2) is 6.43. The lowest BCUT2D eigenvalue weighted by atomic mass is 9.86. The fourth-order valence-electron chi connectivity index (χ4n) is 3.19. The van der Waals surface area contributed by atoms with E-state index in [4.69, 9.17) is 5.26 Å². The molecule has 0 amide bonds. The van der Waals surface area contributed by atoms with Gasteiger partial charge in [-0.1, -0.05) is 12.8 Å². The third-order valence-electron chi connectivity index (χ3n) is 4.61. The van der Waals surface area contributed by atoms with Gasteiger partial charge in [0.1, 0.15) is 11.8 Å². The molecule has 0 aliphatic heterocycles. The molecule has 0 saturated heterocycles. The Bertz CT molecular complexity index is 501. The molecule has 0 spiro atoms. The number of aromatic nitrogens is 1. The average Bonchev–Trinajstić information content (AvgIpc) is 2.69. The molecule has 1 saturated carbocycles. The summed E-state index contributed by atoms with van der Waals surface area (Å²) in [4.78, 5) is 2.27. The van der Waals surface area contributed by atoms with Gasteiger partial charge in [0.25, 0.3) is 0 Å². The van der Waals surface area contributed by atoms with Gasteiger partial charge < -0.3 is 14.6 Å². The smallest absolute Gasteiger partial charge is 0.120 e. The monoisotopic (exact) mass is 275 g/mol. The predicted octanol–water partition coefficient (Wildman–Crippen LogP) is 2.19. The van der Waals surface area contributed by atoms with Crippen molar-refractivity contribution in [1.29, 1.82) is 5.26 Å². The summed E-state index contributed by atoms with van der Waals surface area (Å²) < 4.78 is 1.94. The average molecular weight is 275 g/mol. The topological polar surface area (TPSA) is 52.2 Å². The highest BCUT2D eigenvalue weighted by atomic mass is 16.3. The number of nitriles is 1. The van der Waals surface area contributed by atoms with Crippen LogP contribution in [0.5, 0.6) is 0 Å². The molecule has 0 radical (unpaired) electrons. The maximum atomic E-state index is 10.1.